The van der Waals surface area contributed by atoms with Gasteiger partial charge in [0.15, 0.2) is 0 Å². The van der Waals surface area contributed by atoms with E-state index in [9.17, 15) is 4.79 Å². The largest absolute Gasteiger partial charge is 0.462 e. The predicted octanol–water partition coefficient (Wildman–Crippen LogP) is 3.96. The Hall–Kier alpha value is -0.830. The van der Waals surface area contributed by atoms with Gasteiger partial charge in [0.2, 0.25) is 0 Å². The molecule has 0 saturated carbocycles. The summed E-state index contributed by atoms with van der Waals surface area (Å²) in [5, 5.41) is 0. The van der Waals surface area contributed by atoms with Crippen molar-refractivity contribution in [1.82, 2.24) is 0 Å². The average molecular weight is 285 g/mol. The smallest absolute Gasteiger partial charge is 0.338 e. The van der Waals surface area contributed by atoms with E-state index in [2.05, 4.69) is 15.9 Å². The summed E-state index contributed by atoms with van der Waals surface area (Å²) < 4.78 is 6.23. The van der Waals surface area contributed by atoms with Gasteiger partial charge in [0, 0.05) is 4.47 Å². The van der Waals surface area contributed by atoms with Crippen LogP contribution in [0.5, 0.6) is 0 Å². The molecular weight excluding hydrogens is 268 g/mol. The Bertz CT molecular complexity index is 391. The maximum Gasteiger partial charge on any atom is 0.338 e. The van der Waals surface area contributed by atoms with Crippen LogP contribution < -0.4 is 0 Å². The highest BCUT2D eigenvalue weighted by atomic mass is 79.9. The Labute approximate surface area is 105 Å². The Kier molecular flexibility index (Phi) is 4.14. The van der Waals surface area contributed by atoms with Gasteiger partial charge in [-0.1, -0.05) is 36.7 Å². The maximum absolute atomic E-state index is 11.8. The quantitative estimate of drug-likeness (QED) is 0.769. The Morgan fingerprint density at radius 1 is 1.38 bits per heavy atom. The molecule has 0 saturated heterocycles. The van der Waals surface area contributed by atoms with Crippen LogP contribution in [0.4, 0.5) is 0 Å². The van der Waals surface area contributed by atoms with Gasteiger partial charge in [-0.25, -0.2) is 4.79 Å². The lowest BCUT2D eigenvalue weighted by atomic mass is 9.98. The van der Waals surface area contributed by atoms with E-state index in [0.29, 0.717) is 12.2 Å². The molecule has 0 aliphatic carbocycles. The van der Waals surface area contributed by atoms with Gasteiger partial charge in [-0.2, -0.15) is 0 Å². The Morgan fingerprint density at radius 2 is 2.00 bits per heavy atom. The summed E-state index contributed by atoms with van der Waals surface area (Å²) in [4.78, 5) is 11.8. The number of aryl methyl sites for hydroxylation is 1. The molecule has 88 valence electrons. The van der Waals surface area contributed by atoms with Gasteiger partial charge in [-0.15, -0.1) is 0 Å². The molecule has 16 heavy (non-hydrogen) atoms. The first-order valence-electron chi connectivity index (χ1n) is 5.23. The predicted molar refractivity (Wildman–Crippen MR) is 68.6 cm³/mol. The molecule has 0 heterocycles. The average Bonchev–Trinajstić information content (AvgIpc) is 2.13. The van der Waals surface area contributed by atoms with E-state index in [1.807, 2.05) is 39.8 Å². The topological polar surface area (TPSA) is 26.3 Å². The van der Waals surface area contributed by atoms with Gasteiger partial charge >= 0.3 is 5.97 Å². The zero-order valence-electron chi connectivity index (χ0n) is 10.1. The molecule has 0 N–H and O–H groups in total. The van der Waals surface area contributed by atoms with Crippen molar-refractivity contribution in [3.8, 4) is 0 Å². The van der Waals surface area contributed by atoms with Crippen LogP contribution in [0, 0.1) is 12.3 Å². The van der Waals surface area contributed by atoms with E-state index in [4.69, 9.17) is 4.74 Å². The second-order valence-electron chi connectivity index (χ2n) is 5.10. The highest BCUT2D eigenvalue weighted by Crippen LogP contribution is 2.18. The van der Waals surface area contributed by atoms with E-state index in [-0.39, 0.29) is 11.4 Å². The number of hydrogen-bond donors (Lipinski definition) is 0. The van der Waals surface area contributed by atoms with E-state index < -0.39 is 0 Å². The lowest BCUT2D eigenvalue weighted by Crippen LogP contribution is -2.18. The van der Waals surface area contributed by atoms with E-state index in [0.717, 1.165) is 10.0 Å². The van der Waals surface area contributed by atoms with Crippen molar-refractivity contribution >= 4 is 21.9 Å². The molecule has 0 unspecified atom stereocenters. The number of carbonyl (C=O) groups is 1. The molecule has 3 heteroatoms. The van der Waals surface area contributed by atoms with Crippen molar-refractivity contribution in [2.24, 2.45) is 5.41 Å². The monoisotopic (exact) mass is 284 g/mol. The van der Waals surface area contributed by atoms with Gasteiger partial charge in [0.05, 0.1) is 12.2 Å². The van der Waals surface area contributed by atoms with Gasteiger partial charge in [0.1, 0.15) is 0 Å². The molecule has 0 bridgehead atoms. The zero-order valence-corrected chi connectivity index (χ0v) is 11.7. The van der Waals surface area contributed by atoms with Crippen LogP contribution in [0.15, 0.2) is 22.7 Å². The molecule has 1 rings (SSSR count). The first-order chi connectivity index (χ1) is 7.29. The minimum absolute atomic E-state index is 0.00106. The lowest BCUT2D eigenvalue weighted by Gasteiger charge is -2.18. The minimum Gasteiger partial charge on any atom is -0.462 e. The van der Waals surface area contributed by atoms with E-state index >= 15 is 0 Å². The molecule has 1 aromatic rings. The summed E-state index contributed by atoms with van der Waals surface area (Å²) in [5.74, 6) is -0.250. The number of hydrogen-bond acceptors (Lipinski definition) is 2. The van der Waals surface area contributed by atoms with Gasteiger partial charge in [0.25, 0.3) is 0 Å². The van der Waals surface area contributed by atoms with Crippen molar-refractivity contribution < 1.29 is 9.53 Å². The van der Waals surface area contributed by atoms with E-state index in [1.165, 1.54) is 0 Å². The first-order valence-corrected chi connectivity index (χ1v) is 6.02. The summed E-state index contributed by atoms with van der Waals surface area (Å²) in [7, 11) is 0. The first kappa shape index (κ1) is 13.2. The second kappa shape index (κ2) is 5.00. The Morgan fingerprint density at radius 3 is 2.50 bits per heavy atom. The minimum atomic E-state index is -0.250. The zero-order chi connectivity index (χ0) is 12.3. The van der Waals surface area contributed by atoms with Crippen LogP contribution in [-0.4, -0.2) is 12.6 Å². The van der Waals surface area contributed by atoms with Crippen LogP contribution in [0.3, 0.4) is 0 Å². The number of benzene rings is 1. The molecule has 0 fully saturated rings. The number of carbonyl (C=O) groups excluding carboxylic acids is 1. The fourth-order valence-corrected chi connectivity index (χ4v) is 1.69. The second-order valence-corrected chi connectivity index (χ2v) is 6.01. The van der Waals surface area contributed by atoms with Crippen molar-refractivity contribution in [1.29, 1.82) is 0 Å². The molecule has 0 aliphatic rings. The molecule has 0 atom stereocenters. The SMILES string of the molecule is Cc1cc(Br)ccc1C(=O)OCC(C)(C)C. The highest BCUT2D eigenvalue weighted by molar-refractivity contribution is 9.10. The normalized spacial score (nSPS) is 11.3. The van der Waals surface area contributed by atoms with Crippen LogP contribution in [0.25, 0.3) is 0 Å². The molecule has 0 aromatic heterocycles. The molecule has 0 amide bonds. The van der Waals surface area contributed by atoms with Crippen molar-refractivity contribution in [3.63, 3.8) is 0 Å². The van der Waals surface area contributed by atoms with Crippen molar-refractivity contribution in [3.05, 3.63) is 33.8 Å². The molecule has 1 aromatic carbocycles. The third-order valence-corrected chi connectivity index (χ3v) is 2.54. The van der Waals surface area contributed by atoms with E-state index in [1.54, 1.807) is 6.07 Å². The summed E-state index contributed by atoms with van der Waals surface area (Å²) in [6.45, 7) is 8.44. The Balaban J connectivity index is 2.74. The maximum atomic E-state index is 11.8. The van der Waals surface area contributed by atoms with Crippen LogP contribution in [0.1, 0.15) is 36.7 Å². The summed E-state index contributed by atoms with van der Waals surface area (Å²) >= 11 is 3.36. The summed E-state index contributed by atoms with van der Waals surface area (Å²) in [6.07, 6.45) is 0. The molecule has 0 radical (unpaired) electrons. The molecule has 0 spiro atoms. The highest BCUT2D eigenvalue weighted by Gasteiger charge is 2.16. The number of halogens is 1. The van der Waals surface area contributed by atoms with Crippen molar-refractivity contribution in [2.75, 3.05) is 6.61 Å². The van der Waals surface area contributed by atoms with Crippen LogP contribution >= 0.6 is 15.9 Å². The summed E-state index contributed by atoms with van der Waals surface area (Å²) in [6, 6.07) is 5.54. The van der Waals surface area contributed by atoms with Gasteiger partial charge in [-0.05, 0) is 36.1 Å². The van der Waals surface area contributed by atoms with Crippen LogP contribution in [0.2, 0.25) is 0 Å². The lowest BCUT2D eigenvalue weighted by molar-refractivity contribution is 0.0366. The standard InChI is InChI=1S/C13H17BrO2/c1-9-7-10(14)5-6-11(9)12(15)16-8-13(2,3)4/h5-7H,8H2,1-4H3. The molecule has 0 aliphatic heterocycles. The van der Waals surface area contributed by atoms with Gasteiger partial charge < -0.3 is 4.74 Å². The fourth-order valence-electron chi connectivity index (χ4n) is 1.22. The third kappa shape index (κ3) is 3.97. The number of ether oxygens (including phenoxy) is 1. The number of rotatable bonds is 2. The van der Waals surface area contributed by atoms with Crippen molar-refractivity contribution in [2.45, 2.75) is 27.7 Å². The van der Waals surface area contributed by atoms with Gasteiger partial charge in [-0.3, -0.25) is 0 Å². The molecular formula is C13H17BrO2. The molecule has 2 nitrogen and oxygen atoms in total. The van der Waals surface area contributed by atoms with Crippen LogP contribution in [-0.2, 0) is 4.74 Å². The fraction of sp³-hybridized carbons (Fsp3) is 0.462. The third-order valence-electron chi connectivity index (χ3n) is 2.04. The number of esters is 1. The summed E-state index contributed by atoms with van der Waals surface area (Å²) in [5.41, 5.74) is 1.56.